The lowest BCUT2D eigenvalue weighted by Gasteiger charge is -2.04. The van der Waals surface area contributed by atoms with Crippen molar-refractivity contribution in [3.05, 3.63) is 46.5 Å². The molecule has 0 atom stereocenters. The van der Waals surface area contributed by atoms with Crippen molar-refractivity contribution in [1.82, 2.24) is 0 Å². The van der Waals surface area contributed by atoms with E-state index in [1.807, 2.05) is 12.1 Å². The predicted molar refractivity (Wildman–Crippen MR) is 57.2 cm³/mol. The molecule has 0 N–H and O–H groups in total. The van der Waals surface area contributed by atoms with Gasteiger partial charge in [0.2, 0.25) is 0 Å². The molecule has 0 unspecified atom stereocenters. The van der Waals surface area contributed by atoms with Crippen LogP contribution in [0.4, 0.5) is 5.69 Å². The summed E-state index contributed by atoms with van der Waals surface area (Å²) in [5.41, 5.74) is 0.0759. The van der Waals surface area contributed by atoms with Crippen molar-refractivity contribution in [2.75, 3.05) is 7.11 Å². The minimum Gasteiger partial charge on any atom is -0.496 e. The Labute approximate surface area is 86.2 Å². The molecule has 0 aliphatic rings. The largest absolute Gasteiger partial charge is 0.496 e. The van der Waals surface area contributed by atoms with Crippen LogP contribution in [0.3, 0.4) is 0 Å². The Balaban J connectivity index is 2.72. The molecular weight excluding hydrogens is 194 g/mol. The summed E-state index contributed by atoms with van der Waals surface area (Å²) in [6, 6.07) is 10.3. The van der Waals surface area contributed by atoms with Gasteiger partial charge in [-0.25, -0.2) is 0 Å². The lowest BCUT2D eigenvalue weighted by atomic mass is 10.1. The molecule has 0 fully saturated rings. The molecule has 0 spiro atoms. The molecule has 4 heteroatoms. The van der Waals surface area contributed by atoms with Gasteiger partial charge in [0.25, 0.3) is 5.69 Å². The standard InChI is InChI=1S/C11H9NO3/c1-15-11-4-2-3-8-5-6-9(12(13)14)7-10(8)11/h2-7H,1H3. The van der Waals surface area contributed by atoms with Gasteiger partial charge in [-0.05, 0) is 17.5 Å². The van der Waals surface area contributed by atoms with Gasteiger partial charge >= 0.3 is 0 Å². The summed E-state index contributed by atoms with van der Waals surface area (Å²) in [5, 5.41) is 12.3. The fourth-order valence-corrected chi connectivity index (χ4v) is 1.52. The van der Waals surface area contributed by atoms with E-state index in [0.717, 1.165) is 10.8 Å². The number of rotatable bonds is 2. The van der Waals surface area contributed by atoms with Crippen molar-refractivity contribution in [2.24, 2.45) is 0 Å². The fraction of sp³-hybridized carbons (Fsp3) is 0.0909. The highest BCUT2D eigenvalue weighted by molar-refractivity contribution is 5.90. The predicted octanol–water partition coefficient (Wildman–Crippen LogP) is 2.76. The van der Waals surface area contributed by atoms with E-state index in [1.165, 1.54) is 12.1 Å². The molecule has 0 amide bonds. The van der Waals surface area contributed by atoms with E-state index in [4.69, 9.17) is 4.74 Å². The maximum atomic E-state index is 10.6. The Morgan fingerprint density at radius 2 is 2.07 bits per heavy atom. The molecule has 0 saturated heterocycles. The Morgan fingerprint density at radius 1 is 1.27 bits per heavy atom. The maximum Gasteiger partial charge on any atom is 0.270 e. The molecule has 0 aliphatic carbocycles. The first-order valence-corrected chi connectivity index (χ1v) is 4.43. The minimum atomic E-state index is -0.411. The average molecular weight is 203 g/mol. The van der Waals surface area contributed by atoms with Crippen LogP contribution in [0.2, 0.25) is 0 Å². The molecule has 0 aliphatic heterocycles. The number of benzene rings is 2. The van der Waals surface area contributed by atoms with E-state index in [0.29, 0.717) is 5.75 Å². The molecule has 0 bridgehead atoms. The van der Waals surface area contributed by atoms with Gasteiger partial charge < -0.3 is 4.74 Å². The van der Waals surface area contributed by atoms with Crippen molar-refractivity contribution in [3.8, 4) is 5.75 Å². The number of hydrogen-bond donors (Lipinski definition) is 0. The molecule has 0 saturated carbocycles. The SMILES string of the molecule is COc1cccc2ccc([N+](=O)[O-])cc12. The van der Waals surface area contributed by atoms with Gasteiger partial charge in [0.05, 0.1) is 12.0 Å². The lowest BCUT2D eigenvalue weighted by molar-refractivity contribution is -0.384. The van der Waals surface area contributed by atoms with E-state index < -0.39 is 4.92 Å². The van der Waals surface area contributed by atoms with Gasteiger partial charge in [-0.2, -0.15) is 0 Å². The Morgan fingerprint density at radius 3 is 2.73 bits per heavy atom. The van der Waals surface area contributed by atoms with Gasteiger partial charge in [-0.1, -0.05) is 12.1 Å². The molecule has 2 aromatic carbocycles. The quantitative estimate of drug-likeness (QED) is 0.557. The van der Waals surface area contributed by atoms with Crippen LogP contribution in [-0.2, 0) is 0 Å². The maximum absolute atomic E-state index is 10.6. The summed E-state index contributed by atoms with van der Waals surface area (Å²) in [6.45, 7) is 0. The topological polar surface area (TPSA) is 52.4 Å². The van der Waals surface area contributed by atoms with Crippen LogP contribution in [0.15, 0.2) is 36.4 Å². The van der Waals surface area contributed by atoms with Crippen molar-refractivity contribution in [1.29, 1.82) is 0 Å². The van der Waals surface area contributed by atoms with Crippen LogP contribution >= 0.6 is 0 Å². The third-order valence-corrected chi connectivity index (χ3v) is 2.26. The third kappa shape index (κ3) is 1.61. The summed E-state index contributed by atoms with van der Waals surface area (Å²) in [5.74, 6) is 0.649. The number of nitro groups is 1. The number of nitro benzene ring substituents is 1. The normalized spacial score (nSPS) is 10.2. The summed E-state index contributed by atoms with van der Waals surface area (Å²) in [6.07, 6.45) is 0. The van der Waals surface area contributed by atoms with Crippen molar-refractivity contribution >= 4 is 16.5 Å². The summed E-state index contributed by atoms with van der Waals surface area (Å²) < 4.78 is 5.14. The summed E-state index contributed by atoms with van der Waals surface area (Å²) >= 11 is 0. The van der Waals surface area contributed by atoms with Gasteiger partial charge in [0, 0.05) is 17.5 Å². The first-order chi connectivity index (χ1) is 7.22. The molecule has 15 heavy (non-hydrogen) atoms. The first kappa shape index (κ1) is 9.45. The zero-order valence-electron chi connectivity index (χ0n) is 8.14. The second-order valence-electron chi connectivity index (χ2n) is 3.12. The molecule has 4 nitrogen and oxygen atoms in total. The number of non-ortho nitro benzene ring substituents is 1. The molecule has 0 heterocycles. The second-order valence-corrected chi connectivity index (χ2v) is 3.12. The summed E-state index contributed by atoms with van der Waals surface area (Å²) in [4.78, 5) is 10.2. The van der Waals surface area contributed by atoms with Crippen LogP contribution in [0.5, 0.6) is 5.75 Å². The number of methoxy groups -OCH3 is 1. The van der Waals surface area contributed by atoms with Gasteiger partial charge in [0.15, 0.2) is 0 Å². The zero-order chi connectivity index (χ0) is 10.8. The average Bonchev–Trinajstić information content (AvgIpc) is 2.27. The highest BCUT2D eigenvalue weighted by Crippen LogP contribution is 2.28. The van der Waals surface area contributed by atoms with Gasteiger partial charge in [-0.15, -0.1) is 0 Å². The smallest absolute Gasteiger partial charge is 0.270 e. The Bertz CT molecular complexity index is 522. The molecule has 0 aromatic heterocycles. The molecule has 0 radical (unpaired) electrons. The van der Waals surface area contributed by atoms with Crippen molar-refractivity contribution in [2.45, 2.75) is 0 Å². The van der Waals surface area contributed by atoms with Crippen LogP contribution in [0.25, 0.3) is 10.8 Å². The number of ether oxygens (including phenoxy) is 1. The second kappa shape index (κ2) is 3.57. The van der Waals surface area contributed by atoms with Crippen molar-refractivity contribution < 1.29 is 9.66 Å². The van der Waals surface area contributed by atoms with Crippen molar-refractivity contribution in [3.63, 3.8) is 0 Å². The van der Waals surface area contributed by atoms with E-state index in [1.54, 1.807) is 19.2 Å². The fourth-order valence-electron chi connectivity index (χ4n) is 1.52. The van der Waals surface area contributed by atoms with Crippen LogP contribution < -0.4 is 4.74 Å². The number of hydrogen-bond acceptors (Lipinski definition) is 3. The van der Waals surface area contributed by atoms with E-state index in [-0.39, 0.29) is 5.69 Å². The van der Waals surface area contributed by atoms with Gasteiger partial charge in [0.1, 0.15) is 5.75 Å². The van der Waals surface area contributed by atoms with E-state index in [2.05, 4.69) is 0 Å². The molecule has 2 aromatic rings. The highest BCUT2D eigenvalue weighted by atomic mass is 16.6. The van der Waals surface area contributed by atoms with Crippen LogP contribution in [0, 0.1) is 10.1 Å². The molecule has 2 rings (SSSR count). The number of nitrogens with zero attached hydrogens (tertiary/aromatic N) is 1. The van der Waals surface area contributed by atoms with E-state index in [9.17, 15) is 10.1 Å². The lowest BCUT2D eigenvalue weighted by Crippen LogP contribution is -1.89. The Hall–Kier alpha value is -2.10. The van der Waals surface area contributed by atoms with Crippen LogP contribution in [0.1, 0.15) is 0 Å². The Kier molecular flexibility index (Phi) is 2.25. The number of fused-ring (bicyclic) bond motifs is 1. The first-order valence-electron chi connectivity index (χ1n) is 4.43. The highest BCUT2D eigenvalue weighted by Gasteiger charge is 2.08. The van der Waals surface area contributed by atoms with Gasteiger partial charge in [-0.3, -0.25) is 10.1 Å². The molecule has 76 valence electrons. The van der Waals surface area contributed by atoms with E-state index >= 15 is 0 Å². The third-order valence-electron chi connectivity index (χ3n) is 2.26. The van der Waals surface area contributed by atoms with Crippen LogP contribution in [-0.4, -0.2) is 12.0 Å². The minimum absolute atomic E-state index is 0.0759. The monoisotopic (exact) mass is 203 g/mol. The molecular formula is C11H9NO3. The summed E-state index contributed by atoms with van der Waals surface area (Å²) in [7, 11) is 1.55. The zero-order valence-corrected chi connectivity index (χ0v) is 8.14.